The van der Waals surface area contributed by atoms with E-state index >= 15 is 0 Å². The van der Waals surface area contributed by atoms with Gasteiger partial charge in [0.2, 0.25) is 5.91 Å². The van der Waals surface area contributed by atoms with Crippen molar-refractivity contribution in [1.29, 1.82) is 0 Å². The Morgan fingerprint density at radius 1 is 1.33 bits per heavy atom. The van der Waals surface area contributed by atoms with Gasteiger partial charge in [-0.1, -0.05) is 12.5 Å². The van der Waals surface area contributed by atoms with Gasteiger partial charge in [-0.15, -0.1) is 0 Å². The van der Waals surface area contributed by atoms with Crippen molar-refractivity contribution in [3.63, 3.8) is 0 Å². The molecule has 0 saturated carbocycles. The second kappa shape index (κ2) is 2.92. The summed E-state index contributed by atoms with van der Waals surface area (Å²) in [5.41, 5.74) is 2.75. The van der Waals surface area contributed by atoms with Crippen molar-refractivity contribution in [3.8, 4) is 0 Å². The summed E-state index contributed by atoms with van der Waals surface area (Å²) < 4.78 is 0. The molecule has 1 unspecified atom stereocenters. The normalized spacial score (nSPS) is 29.8. The van der Waals surface area contributed by atoms with E-state index in [1.807, 2.05) is 0 Å². The fraction of sp³-hybridized carbons (Fsp3) is 0.700. The van der Waals surface area contributed by atoms with Crippen LogP contribution in [-0.2, 0) is 4.79 Å². The Labute approximate surface area is 73.0 Å². The summed E-state index contributed by atoms with van der Waals surface area (Å²) in [5, 5.41) is 2.98. The fourth-order valence-corrected chi connectivity index (χ4v) is 2.11. The average molecular weight is 165 g/mol. The minimum absolute atomic E-state index is 0.211. The molecule has 0 radical (unpaired) electrons. The molecule has 1 heterocycles. The van der Waals surface area contributed by atoms with E-state index in [-0.39, 0.29) is 5.91 Å². The first-order valence-electron chi connectivity index (χ1n) is 4.76. The summed E-state index contributed by atoms with van der Waals surface area (Å²) in [5.74, 6) is 1.03. The van der Waals surface area contributed by atoms with Gasteiger partial charge in [-0.3, -0.25) is 4.79 Å². The first-order valence-corrected chi connectivity index (χ1v) is 4.76. The molecule has 2 aliphatic rings. The van der Waals surface area contributed by atoms with Gasteiger partial charge >= 0.3 is 0 Å². The van der Waals surface area contributed by atoms with E-state index in [2.05, 4.69) is 12.2 Å². The zero-order valence-corrected chi connectivity index (χ0v) is 7.52. The molecule has 0 aromatic carbocycles. The molecule has 2 rings (SSSR count). The lowest BCUT2D eigenvalue weighted by Crippen LogP contribution is -2.30. The highest BCUT2D eigenvalue weighted by molar-refractivity contribution is 5.79. The van der Waals surface area contributed by atoms with Crippen LogP contribution in [0.5, 0.6) is 0 Å². The van der Waals surface area contributed by atoms with Crippen molar-refractivity contribution in [2.24, 2.45) is 5.92 Å². The zero-order chi connectivity index (χ0) is 8.55. The number of carbonyl (C=O) groups is 1. The van der Waals surface area contributed by atoms with Crippen molar-refractivity contribution in [3.05, 3.63) is 11.3 Å². The van der Waals surface area contributed by atoms with Crippen LogP contribution in [0, 0.1) is 5.92 Å². The van der Waals surface area contributed by atoms with Gasteiger partial charge in [0.15, 0.2) is 0 Å². The van der Waals surface area contributed by atoms with Crippen LogP contribution in [0.4, 0.5) is 0 Å². The first kappa shape index (κ1) is 7.84. The highest BCUT2D eigenvalue weighted by Gasteiger charge is 2.23. The van der Waals surface area contributed by atoms with Gasteiger partial charge in [0.1, 0.15) is 0 Å². The molecule has 0 saturated heterocycles. The lowest BCUT2D eigenvalue weighted by Gasteiger charge is -2.28. The molecule has 2 nitrogen and oxygen atoms in total. The molecule has 0 aromatic heterocycles. The van der Waals surface area contributed by atoms with Gasteiger partial charge in [0.25, 0.3) is 0 Å². The SMILES string of the molecule is CC1CCC2=C(CCC(=O)N2)C1. The number of hydrogen-bond donors (Lipinski definition) is 1. The molecule has 66 valence electrons. The summed E-state index contributed by atoms with van der Waals surface area (Å²) >= 11 is 0. The molecular formula is C10H15NO. The van der Waals surface area contributed by atoms with Gasteiger partial charge in [0.05, 0.1) is 0 Å². The molecule has 12 heavy (non-hydrogen) atoms. The van der Waals surface area contributed by atoms with Crippen molar-refractivity contribution in [2.75, 3.05) is 0 Å². The monoisotopic (exact) mass is 165 g/mol. The molecule has 0 aromatic rings. The second-order valence-corrected chi connectivity index (χ2v) is 3.98. The summed E-state index contributed by atoms with van der Waals surface area (Å²) in [6.07, 6.45) is 5.23. The van der Waals surface area contributed by atoms with Gasteiger partial charge in [-0.2, -0.15) is 0 Å². The molecule has 0 spiro atoms. The minimum atomic E-state index is 0.211. The number of allylic oxidation sites excluding steroid dienone is 2. The number of carbonyl (C=O) groups excluding carboxylic acids is 1. The predicted octanol–water partition coefficient (Wildman–Crippen LogP) is 1.97. The maximum Gasteiger partial charge on any atom is 0.224 e. The topological polar surface area (TPSA) is 29.1 Å². The number of nitrogens with one attached hydrogen (secondary N) is 1. The van der Waals surface area contributed by atoms with Gasteiger partial charge in [-0.25, -0.2) is 0 Å². The third-order valence-corrected chi connectivity index (χ3v) is 2.85. The Bertz CT molecular complexity index is 242. The van der Waals surface area contributed by atoms with Crippen LogP contribution in [-0.4, -0.2) is 5.91 Å². The molecule has 1 atom stereocenters. The van der Waals surface area contributed by atoms with Gasteiger partial charge in [0, 0.05) is 12.1 Å². The van der Waals surface area contributed by atoms with Crippen LogP contribution in [0.25, 0.3) is 0 Å². The molecule has 1 N–H and O–H groups in total. The smallest absolute Gasteiger partial charge is 0.224 e. The molecule has 1 amide bonds. The Balaban J connectivity index is 2.16. The number of amides is 1. The van der Waals surface area contributed by atoms with Crippen LogP contribution < -0.4 is 5.32 Å². The Morgan fingerprint density at radius 3 is 3.00 bits per heavy atom. The summed E-state index contributed by atoms with van der Waals surface area (Å²) in [6, 6.07) is 0. The molecule has 2 heteroatoms. The summed E-state index contributed by atoms with van der Waals surface area (Å²) in [7, 11) is 0. The third-order valence-electron chi connectivity index (χ3n) is 2.85. The molecule has 0 bridgehead atoms. The number of rotatable bonds is 0. The lowest BCUT2D eigenvalue weighted by atomic mass is 9.84. The highest BCUT2D eigenvalue weighted by atomic mass is 16.1. The van der Waals surface area contributed by atoms with Crippen molar-refractivity contribution < 1.29 is 4.79 Å². The maximum atomic E-state index is 11.1. The van der Waals surface area contributed by atoms with E-state index in [0.717, 1.165) is 18.8 Å². The molecule has 1 aliphatic heterocycles. The van der Waals surface area contributed by atoms with E-state index in [1.165, 1.54) is 24.1 Å². The molecule has 0 fully saturated rings. The summed E-state index contributed by atoms with van der Waals surface area (Å²) in [6.45, 7) is 2.29. The maximum absolute atomic E-state index is 11.1. The zero-order valence-electron chi connectivity index (χ0n) is 7.52. The largest absolute Gasteiger partial charge is 0.330 e. The van der Waals surface area contributed by atoms with Crippen LogP contribution in [0.15, 0.2) is 11.3 Å². The van der Waals surface area contributed by atoms with Crippen LogP contribution in [0.2, 0.25) is 0 Å². The Kier molecular flexibility index (Phi) is 1.91. The standard InChI is InChI=1S/C10H15NO/c1-7-2-4-9-8(6-7)3-5-10(12)11-9/h7H,2-6H2,1H3,(H,11,12). The van der Waals surface area contributed by atoms with Gasteiger partial charge < -0.3 is 5.32 Å². The van der Waals surface area contributed by atoms with Crippen LogP contribution >= 0.6 is 0 Å². The van der Waals surface area contributed by atoms with Crippen molar-refractivity contribution in [2.45, 2.75) is 39.0 Å². The third kappa shape index (κ3) is 1.38. The van der Waals surface area contributed by atoms with Crippen molar-refractivity contribution in [1.82, 2.24) is 5.32 Å². The quantitative estimate of drug-likeness (QED) is 0.584. The van der Waals surface area contributed by atoms with E-state index in [0.29, 0.717) is 6.42 Å². The second-order valence-electron chi connectivity index (χ2n) is 3.98. The van der Waals surface area contributed by atoms with E-state index in [9.17, 15) is 4.79 Å². The minimum Gasteiger partial charge on any atom is -0.330 e. The van der Waals surface area contributed by atoms with E-state index in [4.69, 9.17) is 0 Å². The van der Waals surface area contributed by atoms with Crippen molar-refractivity contribution >= 4 is 5.91 Å². The van der Waals surface area contributed by atoms with E-state index in [1.54, 1.807) is 0 Å². The molecular weight excluding hydrogens is 150 g/mol. The highest BCUT2D eigenvalue weighted by Crippen LogP contribution is 2.32. The van der Waals surface area contributed by atoms with Crippen LogP contribution in [0.3, 0.4) is 0 Å². The van der Waals surface area contributed by atoms with E-state index < -0.39 is 0 Å². The lowest BCUT2D eigenvalue weighted by molar-refractivity contribution is -0.120. The fourth-order valence-electron chi connectivity index (χ4n) is 2.11. The van der Waals surface area contributed by atoms with Gasteiger partial charge in [-0.05, 0) is 31.6 Å². The summed E-state index contributed by atoms with van der Waals surface area (Å²) in [4.78, 5) is 11.1. The number of hydrogen-bond acceptors (Lipinski definition) is 1. The first-order chi connectivity index (χ1) is 5.75. The molecule has 1 aliphatic carbocycles. The van der Waals surface area contributed by atoms with Crippen LogP contribution in [0.1, 0.15) is 39.0 Å². The average Bonchev–Trinajstić information content (AvgIpc) is 2.05. The Morgan fingerprint density at radius 2 is 2.17 bits per heavy atom. The Hall–Kier alpha value is -0.790. The predicted molar refractivity (Wildman–Crippen MR) is 47.4 cm³/mol.